The number of fused-ring (bicyclic) bond motifs is 4. The van der Waals surface area contributed by atoms with E-state index in [2.05, 4.69) is 11.9 Å². The molecule has 1 aliphatic carbocycles. The van der Waals surface area contributed by atoms with Crippen molar-refractivity contribution in [2.75, 3.05) is 7.05 Å². The summed E-state index contributed by atoms with van der Waals surface area (Å²) in [5.74, 6) is 0. The van der Waals surface area contributed by atoms with E-state index in [0.29, 0.717) is 6.04 Å². The molecule has 2 fully saturated rings. The highest BCUT2D eigenvalue weighted by Gasteiger charge is 2.42. The summed E-state index contributed by atoms with van der Waals surface area (Å²) in [5, 5.41) is 1.24. The van der Waals surface area contributed by atoms with E-state index in [1.807, 2.05) is 11.3 Å². The highest BCUT2D eigenvalue weighted by atomic mass is 32.1. The van der Waals surface area contributed by atoms with E-state index in [9.17, 15) is 0 Å². The SMILES string of the molecule is CN1C2CCC1c1sc(C3(N)CCCCCC3)nc1C2. The maximum atomic E-state index is 6.76. The van der Waals surface area contributed by atoms with Gasteiger partial charge in [0.2, 0.25) is 0 Å². The van der Waals surface area contributed by atoms with Crippen LogP contribution in [-0.2, 0) is 12.0 Å². The molecule has 0 aromatic carbocycles. The van der Waals surface area contributed by atoms with Crippen molar-refractivity contribution in [3.8, 4) is 0 Å². The van der Waals surface area contributed by atoms with Crippen molar-refractivity contribution < 1.29 is 0 Å². The third-order valence-electron chi connectivity index (χ3n) is 5.72. The molecule has 3 aliphatic rings. The average molecular weight is 291 g/mol. The van der Waals surface area contributed by atoms with E-state index in [1.165, 1.54) is 54.1 Å². The topological polar surface area (TPSA) is 42.1 Å². The lowest BCUT2D eigenvalue weighted by Gasteiger charge is -2.29. The number of thiazole rings is 1. The number of likely N-dealkylation sites (N-methyl/N-ethyl adjacent to an activating group) is 1. The summed E-state index contributed by atoms with van der Waals surface area (Å²) >= 11 is 1.94. The predicted octanol–water partition coefficient (Wildman–Crippen LogP) is 3.34. The lowest BCUT2D eigenvalue weighted by Crippen LogP contribution is -2.36. The molecule has 1 saturated carbocycles. The summed E-state index contributed by atoms with van der Waals surface area (Å²) in [7, 11) is 2.29. The fraction of sp³-hybridized carbons (Fsp3) is 0.812. The first kappa shape index (κ1) is 13.2. The van der Waals surface area contributed by atoms with Crippen LogP contribution in [0.2, 0.25) is 0 Å². The first-order chi connectivity index (χ1) is 9.67. The molecule has 0 amide bonds. The molecule has 2 aliphatic heterocycles. The fourth-order valence-corrected chi connectivity index (χ4v) is 5.79. The van der Waals surface area contributed by atoms with Crippen molar-refractivity contribution >= 4 is 11.3 Å². The van der Waals surface area contributed by atoms with Crippen molar-refractivity contribution in [1.29, 1.82) is 0 Å². The quantitative estimate of drug-likeness (QED) is 0.807. The van der Waals surface area contributed by atoms with Crippen molar-refractivity contribution in [2.45, 2.75) is 75.4 Å². The molecular formula is C16H25N3S. The van der Waals surface area contributed by atoms with Gasteiger partial charge >= 0.3 is 0 Å². The van der Waals surface area contributed by atoms with Crippen LogP contribution in [-0.4, -0.2) is 23.0 Å². The number of rotatable bonds is 1. The molecule has 1 aromatic rings. The summed E-state index contributed by atoms with van der Waals surface area (Å²) in [4.78, 5) is 9.13. The van der Waals surface area contributed by atoms with Crippen molar-refractivity contribution in [1.82, 2.24) is 9.88 Å². The summed E-state index contributed by atoms with van der Waals surface area (Å²) in [5.41, 5.74) is 8.01. The van der Waals surface area contributed by atoms with Gasteiger partial charge in [0.05, 0.1) is 11.2 Å². The highest BCUT2D eigenvalue weighted by molar-refractivity contribution is 7.12. The van der Waals surface area contributed by atoms with Crippen LogP contribution >= 0.6 is 11.3 Å². The fourth-order valence-electron chi connectivity index (χ4n) is 4.35. The summed E-state index contributed by atoms with van der Waals surface area (Å²) < 4.78 is 0. The van der Waals surface area contributed by atoms with Crippen LogP contribution in [0.1, 0.15) is 73.0 Å². The summed E-state index contributed by atoms with van der Waals surface area (Å²) in [6, 6.07) is 1.36. The second-order valence-electron chi connectivity index (χ2n) is 7.02. The molecule has 2 N–H and O–H groups in total. The predicted molar refractivity (Wildman–Crippen MR) is 82.9 cm³/mol. The molecule has 2 unspecified atom stereocenters. The molecule has 1 aromatic heterocycles. The molecule has 0 radical (unpaired) electrons. The van der Waals surface area contributed by atoms with E-state index in [4.69, 9.17) is 10.7 Å². The average Bonchev–Trinajstić information content (AvgIpc) is 2.86. The zero-order chi connectivity index (χ0) is 13.7. The molecule has 4 heteroatoms. The van der Waals surface area contributed by atoms with Gasteiger partial charge in [0.15, 0.2) is 0 Å². The summed E-state index contributed by atoms with van der Waals surface area (Å²) in [6.45, 7) is 0. The first-order valence-electron chi connectivity index (χ1n) is 8.18. The number of hydrogen-bond acceptors (Lipinski definition) is 4. The first-order valence-corrected chi connectivity index (χ1v) is 9.00. The molecular weight excluding hydrogens is 266 g/mol. The largest absolute Gasteiger partial charge is 0.319 e. The molecule has 3 heterocycles. The van der Waals surface area contributed by atoms with Gasteiger partial charge in [-0.1, -0.05) is 25.7 Å². The van der Waals surface area contributed by atoms with E-state index in [0.717, 1.165) is 25.3 Å². The second-order valence-corrected chi connectivity index (χ2v) is 8.05. The third-order valence-corrected chi connectivity index (χ3v) is 7.14. The van der Waals surface area contributed by atoms with Crippen LogP contribution in [0.3, 0.4) is 0 Å². The standard InChI is InChI=1S/C16H25N3S/c1-19-11-6-7-13(19)14-12(10-11)18-15(20-14)16(17)8-4-2-3-5-9-16/h11,13H,2-10,17H2,1H3. The number of nitrogens with two attached hydrogens (primary N) is 1. The Balaban J connectivity index is 1.68. The monoisotopic (exact) mass is 291 g/mol. The van der Waals surface area contributed by atoms with Gasteiger partial charge < -0.3 is 5.73 Å². The molecule has 4 rings (SSSR count). The maximum Gasteiger partial charge on any atom is 0.113 e. The van der Waals surface area contributed by atoms with Crippen LogP contribution in [0, 0.1) is 0 Å². The molecule has 2 bridgehead atoms. The normalized spacial score (nSPS) is 32.9. The zero-order valence-corrected chi connectivity index (χ0v) is 13.2. The van der Waals surface area contributed by atoms with Crippen molar-refractivity contribution in [3.63, 3.8) is 0 Å². The lowest BCUT2D eigenvalue weighted by molar-refractivity contribution is 0.226. The minimum Gasteiger partial charge on any atom is -0.319 e. The van der Waals surface area contributed by atoms with Crippen molar-refractivity contribution in [3.05, 3.63) is 15.6 Å². The molecule has 2 atom stereocenters. The van der Waals surface area contributed by atoms with Crippen molar-refractivity contribution in [2.24, 2.45) is 5.73 Å². The molecule has 110 valence electrons. The van der Waals surface area contributed by atoms with Gasteiger partial charge in [-0.3, -0.25) is 4.90 Å². The van der Waals surface area contributed by atoms with Gasteiger partial charge in [0.1, 0.15) is 5.01 Å². The molecule has 0 spiro atoms. The molecule has 1 saturated heterocycles. The Labute approximate surface area is 125 Å². The molecule has 20 heavy (non-hydrogen) atoms. The smallest absolute Gasteiger partial charge is 0.113 e. The maximum absolute atomic E-state index is 6.76. The van der Waals surface area contributed by atoms with E-state index in [1.54, 1.807) is 0 Å². The Morgan fingerprint density at radius 3 is 2.70 bits per heavy atom. The lowest BCUT2D eigenvalue weighted by atomic mass is 9.92. The van der Waals surface area contributed by atoms with Crippen LogP contribution in [0.5, 0.6) is 0 Å². The third kappa shape index (κ3) is 1.96. The molecule has 3 nitrogen and oxygen atoms in total. The van der Waals surface area contributed by atoms with Gasteiger partial charge in [-0.25, -0.2) is 4.98 Å². The van der Waals surface area contributed by atoms with Gasteiger partial charge in [0, 0.05) is 23.4 Å². The number of hydrogen-bond donors (Lipinski definition) is 1. The second kappa shape index (κ2) is 4.79. The minimum absolute atomic E-state index is 0.129. The van der Waals surface area contributed by atoms with E-state index in [-0.39, 0.29) is 5.54 Å². The number of nitrogens with zero attached hydrogens (tertiary/aromatic N) is 2. The van der Waals surface area contributed by atoms with Gasteiger partial charge in [-0.15, -0.1) is 11.3 Å². The Morgan fingerprint density at radius 2 is 1.95 bits per heavy atom. The summed E-state index contributed by atoms with van der Waals surface area (Å²) in [6.07, 6.45) is 11.3. The zero-order valence-electron chi connectivity index (χ0n) is 12.4. The number of aromatic nitrogens is 1. The highest BCUT2D eigenvalue weighted by Crippen LogP contribution is 2.47. The van der Waals surface area contributed by atoms with Crippen LogP contribution in [0.25, 0.3) is 0 Å². The Hall–Kier alpha value is -0.450. The van der Waals surface area contributed by atoms with E-state index >= 15 is 0 Å². The van der Waals surface area contributed by atoms with Gasteiger partial charge in [0.25, 0.3) is 0 Å². The Morgan fingerprint density at radius 1 is 1.20 bits per heavy atom. The van der Waals surface area contributed by atoms with Crippen LogP contribution in [0.4, 0.5) is 0 Å². The van der Waals surface area contributed by atoms with Gasteiger partial charge in [-0.2, -0.15) is 0 Å². The Bertz CT molecular complexity index is 502. The minimum atomic E-state index is -0.129. The van der Waals surface area contributed by atoms with Crippen LogP contribution < -0.4 is 5.73 Å². The van der Waals surface area contributed by atoms with Gasteiger partial charge in [-0.05, 0) is 32.7 Å². The van der Waals surface area contributed by atoms with Crippen LogP contribution in [0.15, 0.2) is 0 Å². The van der Waals surface area contributed by atoms with E-state index < -0.39 is 0 Å². The Kier molecular flexibility index (Phi) is 3.17.